The minimum Gasteiger partial charge on any atom is -0.361 e. The second-order valence-electron chi connectivity index (χ2n) is 3.31. The molecule has 0 saturated carbocycles. The first-order valence-electron chi connectivity index (χ1n) is 4.76. The van der Waals surface area contributed by atoms with Gasteiger partial charge in [-0.15, -0.1) is 0 Å². The zero-order chi connectivity index (χ0) is 9.80. The molecule has 1 aliphatic rings. The fourth-order valence-corrected chi connectivity index (χ4v) is 2.21. The largest absolute Gasteiger partial charge is 0.361 e. The lowest BCUT2D eigenvalue weighted by molar-refractivity contribution is 0.508. The molecule has 1 aromatic rings. The maximum absolute atomic E-state index is 4.34. The molecule has 0 saturated heterocycles. The fraction of sp³-hybridized carbons (Fsp3) is 0.556. The standard InChI is InChI=1S/C9H14N4S/c1-8(7-13-5-2-3-11-13)12-9-10-4-6-14-9/h2-3,5,8H,4,6-7H2,1H3,(H,10,12). The van der Waals surface area contributed by atoms with E-state index in [-0.39, 0.29) is 0 Å². The zero-order valence-corrected chi connectivity index (χ0v) is 9.00. The smallest absolute Gasteiger partial charge is 0.156 e. The van der Waals surface area contributed by atoms with Crippen LogP contribution in [0, 0.1) is 0 Å². The Hall–Kier alpha value is -0.970. The molecule has 1 N–H and O–H groups in total. The Morgan fingerprint density at radius 2 is 2.64 bits per heavy atom. The summed E-state index contributed by atoms with van der Waals surface area (Å²) in [5.74, 6) is 1.11. The van der Waals surface area contributed by atoms with Gasteiger partial charge >= 0.3 is 0 Å². The minimum atomic E-state index is 0.374. The average Bonchev–Trinajstić information content (AvgIpc) is 2.76. The van der Waals surface area contributed by atoms with Crippen LogP contribution in [0.15, 0.2) is 23.5 Å². The lowest BCUT2D eigenvalue weighted by Gasteiger charge is -2.14. The van der Waals surface area contributed by atoms with Crippen LogP contribution in [0.2, 0.25) is 0 Å². The number of hydrogen-bond acceptors (Lipinski definition) is 4. The summed E-state index contributed by atoms with van der Waals surface area (Å²) in [5, 5.41) is 8.60. The Morgan fingerprint density at radius 3 is 3.29 bits per heavy atom. The molecule has 2 heterocycles. The van der Waals surface area contributed by atoms with Crippen molar-refractivity contribution in [3.05, 3.63) is 18.5 Å². The lowest BCUT2D eigenvalue weighted by atomic mass is 10.3. The molecule has 0 radical (unpaired) electrons. The molecule has 0 amide bonds. The maximum atomic E-state index is 4.34. The molecule has 2 rings (SSSR count). The maximum Gasteiger partial charge on any atom is 0.156 e. The van der Waals surface area contributed by atoms with Crippen molar-refractivity contribution in [1.82, 2.24) is 15.1 Å². The van der Waals surface area contributed by atoms with Gasteiger partial charge in [0.1, 0.15) is 0 Å². The Kier molecular flexibility index (Phi) is 3.08. The van der Waals surface area contributed by atoms with Crippen molar-refractivity contribution in [2.75, 3.05) is 12.3 Å². The van der Waals surface area contributed by atoms with E-state index in [0.717, 1.165) is 24.0 Å². The summed E-state index contributed by atoms with van der Waals surface area (Å²) >= 11 is 1.79. The predicted octanol–water partition coefficient (Wildman–Crippen LogP) is 0.964. The van der Waals surface area contributed by atoms with E-state index < -0.39 is 0 Å². The molecule has 0 bridgehead atoms. The Balaban J connectivity index is 1.81. The first-order chi connectivity index (χ1) is 6.84. The first kappa shape index (κ1) is 9.58. The van der Waals surface area contributed by atoms with Crippen molar-refractivity contribution in [1.29, 1.82) is 0 Å². The number of thioether (sulfide) groups is 1. The topological polar surface area (TPSA) is 42.2 Å². The third-order valence-corrected chi connectivity index (χ3v) is 2.88. The van der Waals surface area contributed by atoms with Crippen LogP contribution < -0.4 is 5.32 Å². The molecule has 0 aromatic carbocycles. The molecule has 1 atom stereocenters. The van der Waals surface area contributed by atoms with Crippen molar-refractivity contribution in [2.24, 2.45) is 4.99 Å². The molecule has 76 valence electrons. The second kappa shape index (κ2) is 4.50. The first-order valence-corrected chi connectivity index (χ1v) is 5.74. The number of hydrogen-bond donors (Lipinski definition) is 1. The highest BCUT2D eigenvalue weighted by Gasteiger charge is 2.10. The van der Waals surface area contributed by atoms with E-state index in [9.17, 15) is 0 Å². The Labute approximate surface area is 87.8 Å². The van der Waals surface area contributed by atoms with E-state index >= 15 is 0 Å². The second-order valence-corrected chi connectivity index (χ2v) is 4.39. The molecule has 4 nitrogen and oxygen atoms in total. The van der Waals surface area contributed by atoms with Crippen molar-refractivity contribution in [2.45, 2.75) is 19.5 Å². The monoisotopic (exact) mass is 210 g/mol. The van der Waals surface area contributed by atoms with Crippen LogP contribution in [-0.2, 0) is 6.54 Å². The van der Waals surface area contributed by atoms with Crippen LogP contribution in [0.3, 0.4) is 0 Å². The molecule has 5 heteroatoms. The van der Waals surface area contributed by atoms with Crippen molar-refractivity contribution in [3.63, 3.8) is 0 Å². The van der Waals surface area contributed by atoms with Crippen molar-refractivity contribution < 1.29 is 0 Å². The van der Waals surface area contributed by atoms with E-state index in [1.807, 2.05) is 16.9 Å². The van der Waals surface area contributed by atoms with Crippen LogP contribution in [0.25, 0.3) is 0 Å². The highest BCUT2D eigenvalue weighted by Crippen LogP contribution is 2.09. The van der Waals surface area contributed by atoms with Gasteiger partial charge in [-0.3, -0.25) is 9.67 Å². The number of aliphatic imine (C=N–C) groups is 1. The summed E-state index contributed by atoms with van der Waals surface area (Å²) in [6.45, 7) is 3.97. The van der Waals surface area contributed by atoms with Gasteiger partial charge in [0.15, 0.2) is 5.17 Å². The normalized spacial score (nSPS) is 17.9. The summed E-state index contributed by atoms with van der Waals surface area (Å²) in [4.78, 5) is 4.34. The molecule has 0 aliphatic carbocycles. The van der Waals surface area contributed by atoms with E-state index in [4.69, 9.17) is 0 Å². The zero-order valence-electron chi connectivity index (χ0n) is 8.18. The minimum absolute atomic E-state index is 0.374. The quantitative estimate of drug-likeness (QED) is 0.808. The molecule has 14 heavy (non-hydrogen) atoms. The lowest BCUT2D eigenvalue weighted by Crippen LogP contribution is -2.33. The molecule has 1 unspecified atom stereocenters. The van der Waals surface area contributed by atoms with Gasteiger partial charge in [0.2, 0.25) is 0 Å². The highest BCUT2D eigenvalue weighted by molar-refractivity contribution is 8.14. The van der Waals surface area contributed by atoms with Gasteiger partial charge in [-0.2, -0.15) is 5.10 Å². The van der Waals surface area contributed by atoms with Crippen LogP contribution >= 0.6 is 11.8 Å². The number of nitrogens with zero attached hydrogens (tertiary/aromatic N) is 3. The molecule has 0 fully saturated rings. The van der Waals surface area contributed by atoms with E-state index in [1.165, 1.54) is 0 Å². The van der Waals surface area contributed by atoms with E-state index in [0.29, 0.717) is 6.04 Å². The predicted molar refractivity (Wildman–Crippen MR) is 59.6 cm³/mol. The van der Waals surface area contributed by atoms with E-state index in [2.05, 4.69) is 22.3 Å². The summed E-state index contributed by atoms with van der Waals surface area (Å²) < 4.78 is 1.93. The third kappa shape index (κ3) is 2.51. The molecule has 0 spiro atoms. The van der Waals surface area contributed by atoms with Gasteiger partial charge in [0.25, 0.3) is 0 Å². The average molecular weight is 210 g/mol. The van der Waals surface area contributed by atoms with Gasteiger partial charge in [-0.1, -0.05) is 11.8 Å². The fourth-order valence-electron chi connectivity index (χ4n) is 1.37. The van der Waals surface area contributed by atoms with Gasteiger partial charge in [-0.05, 0) is 13.0 Å². The third-order valence-electron chi connectivity index (χ3n) is 1.98. The molecular weight excluding hydrogens is 196 g/mol. The van der Waals surface area contributed by atoms with Crippen LogP contribution in [0.5, 0.6) is 0 Å². The Morgan fingerprint density at radius 1 is 1.71 bits per heavy atom. The summed E-state index contributed by atoms with van der Waals surface area (Å²) in [7, 11) is 0. The number of amidine groups is 1. The van der Waals surface area contributed by atoms with Gasteiger partial charge in [0, 0.05) is 24.2 Å². The summed E-state index contributed by atoms with van der Waals surface area (Å²) in [6, 6.07) is 2.31. The van der Waals surface area contributed by atoms with Crippen LogP contribution in [-0.4, -0.2) is 33.3 Å². The van der Waals surface area contributed by atoms with Gasteiger partial charge in [0.05, 0.1) is 13.1 Å². The summed E-state index contributed by atoms with van der Waals surface area (Å²) in [6.07, 6.45) is 3.77. The summed E-state index contributed by atoms with van der Waals surface area (Å²) in [5.41, 5.74) is 0. The number of aromatic nitrogens is 2. The van der Waals surface area contributed by atoms with Crippen LogP contribution in [0.4, 0.5) is 0 Å². The molecule has 1 aliphatic heterocycles. The SMILES string of the molecule is CC(Cn1cccn1)NC1=NCCS1. The van der Waals surface area contributed by atoms with Gasteiger partial charge in [-0.25, -0.2) is 0 Å². The number of nitrogens with one attached hydrogen (secondary N) is 1. The van der Waals surface area contributed by atoms with E-state index in [1.54, 1.807) is 18.0 Å². The van der Waals surface area contributed by atoms with Crippen molar-refractivity contribution >= 4 is 16.9 Å². The van der Waals surface area contributed by atoms with Crippen molar-refractivity contribution in [3.8, 4) is 0 Å². The van der Waals surface area contributed by atoms with Gasteiger partial charge < -0.3 is 5.32 Å². The molecular formula is C9H14N4S. The molecule has 1 aromatic heterocycles. The number of rotatable bonds is 3. The van der Waals surface area contributed by atoms with Crippen LogP contribution in [0.1, 0.15) is 6.92 Å². The Bertz CT molecular complexity index is 307. The highest BCUT2D eigenvalue weighted by atomic mass is 32.2.